The third kappa shape index (κ3) is 13.9. The van der Waals surface area contributed by atoms with Crippen molar-refractivity contribution in [2.45, 2.75) is 39.3 Å². The van der Waals surface area contributed by atoms with Gasteiger partial charge < -0.3 is 10.2 Å². The molecule has 0 aliphatic rings. The quantitative estimate of drug-likeness (QED) is 0.464. The van der Waals surface area contributed by atoms with Crippen LogP contribution in [0.2, 0.25) is 39.3 Å². The summed E-state index contributed by atoms with van der Waals surface area (Å²) >= 11 is 0. The maximum absolute atomic E-state index is 4.48. The summed E-state index contributed by atoms with van der Waals surface area (Å²) in [5, 5.41) is 7.77. The van der Waals surface area contributed by atoms with Gasteiger partial charge in [0.1, 0.15) is 0 Å². The minimum Gasteiger partial charge on any atom is -0.607 e. The first-order valence-corrected chi connectivity index (χ1v) is 10.6. The molecule has 0 unspecified atom stereocenters. The molecule has 0 aromatic carbocycles. The zero-order chi connectivity index (χ0) is 8.41. The van der Waals surface area contributed by atoms with Crippen molar-refractivity contribution in [3.63, 3.8) is 0 Å². The van der Waals surface area contributed by atoms with Crippen LogP contribution in [-0.4, -0.2) is 16.5 Å². The molecule has 0 rings (SSSR count). The Hall–Kier alpha value is 0.951. The molecule has 0 aromatic rings. The molecule has 0 saturated heterocycles. The number of hydrogen-bond acceptors (Lipinski definition) is 1. The fourth-order valence-electron chi connectivity index (χ4n) is 0.335. The Bertz CT molecular complexity index is 92.1. The molecule has 0 aromatic heterocycles. The van der Waals surface area contributed by atoms with Gasteiger partial charge in [0.05, 0.1) is 8.24 Å². The van der Waals surface area contributed by atoms with E-state index in [0.717, 1.165) is 0 Å². The fourth-order valence-corrected chi connectivity index (χ4v) is 3.02. The van der Waals surface area contributed by atoms with Gasteiger partial charge in [-0.05, 0) is 0 Å². The second kappa shape index (κ2) is 4.85. The minimum absolute atomic E-state index is 0. The van der Waals surface area contributed by atoms with E-state index < -0.39 is 16.5 Å². The largest absolute Gasteiger partial charge is 1.00 e. The van der Waals surface area contributed by atoms with E-state index in [1.54, 1.807) is 0 Å². The van der Waals surface area contributed by atoms with Gasteiger partial charge in [-0.1, -0.05) is 47.5 Å². The maximum Gasteiger partial charge on any atom is 1.00 e. The van der Waals surface area contributed by atoms with Crippen molar-refractivity contribution in [3.8, 4) is 0 Å². The molecule has 1 N–H and O–H groups in total. The Morgan fingerprint density at radius 3 is 1.36 bits per heavy atom. The third-order valence-electron chi connectivity index (χ3n) is 0.727. The molecule has 0 aliphatic carbocycles. The monoisotopic (exact) mass is 182 g/mol. The number of hydrogen-bond donors (Lipinski definition) is 1. The van der Waals surface area contributed by atoms with E-state index in [1.165, 1.54) is 0 Å². The second-order valence-electron chi connectivity index (χ2n) is 4.64. The van der Waals surface area contributed by atoms with Gasteiger partial charge in [0.15, 0.2) is 0 Å². The summed E-state index contributed by atoms with van der Waals surface area (Å²) in [4.78, 5) is 0. The summed E-state index contributed by atoms with van der Waals surface area (Å²) in [6.07, 6.45) is 0. The molecule has 0 heterocycles. The Kier molecular flexibility index (Phi) is 6.38. The molecule has 0 fully saturated rings. The molecule has 5 heteroatoms. The average molecular weight is 182 g/mol. The van der Waals surface area contributed by atoms with Gasteiger partial charge in [0.25, 0.3) is 0 Å². The molecule has 0 radical (unpaired) electrons. The molecule has 0 aliphatic heterocycles. The van der Waals surface area contributed by atoms with Crippen molar-refractivity contribution >= 4 is 16.5 Å². The predicted octanol–water partition coefficient (Wildman–Crippen LogP) is -0.461. The summed E-state index contributed by atoms with van der Waals surface area (Å²) in [7, 11) is -2.37. The molecule has 0 saturated carbocycles. The first kappa shape index (κ1) is 14.5. The van der Waals surface area contributed by atoms with Crippen LogP contribution in [0.4, 0.5) is 0 Å². The molecular weight excluding hydrogens is 163 g/mol. The van der Waals surface area contributed by atoms with Crippen LogP contribution in [0.25, 0.3) is 5.09 Å². The number of nitrogens with zero attached hydrogens (tertiary/aromatic N) is 1. The maximum atomic E-state index is 4.48. The zero-order valence-electron chi connectivity index (χ0n) is 8.95. The summed E-state index contributed by atoms with van der Waals surface area (Å²) in [6.45, 7) is 13.5. The van der Waals surface area contributed by atoms with Crippen molar-refractivity contribution in [2.75, 3.05) is 0 Å². The van der Waals surface area contributed by atoms with E-state index in [1.807, 2.05) is 0 Å². The number of nitrogens with one attached hydrogen (secondary N) is 1. The van der Waals surface area contributed by atoms with Gasteiger partial charge in [-0.15, -0.1) is 0 Å². The Morgan fingerprint density at radius 2 is 1.27 bits per heavy atom. The molecule has 11 heavy (non-hydrogen) atoms. The molecule has 0 amide bonds. The first-order chi connectivity index (χ1) is 4.21. The molecule has 2 nitrogen and oxygen atoms in total. The van der Waals surface area contributed by atoms with Crippen LogP contribution < -0.4 is 24.0 Å². The smallest absolute Gasteiger partial charge is 0.607 e. The molecule has 0 atom stereocenters. The minimum atomic E-state index is -1.22. The molecule has 0 bridgehead atoms. The Labute approximate surface area is 84.9 Å². The van der Waals surface area contributed by atoms with Gasteiger partial charge in [0, 0.05) is 0 Å². The summed E-state index contributed by atoms with van der Waals surface area (Å²) in [5.41, 5.74) is 0. The second-order valence-corrected chi connectivity index (χ2v) is 13.9. The summed E-state index contributed by atoms with van der Waals surface area (Å²) < 4.78 is 0. The Morgan fingerprint density at radius 1 is 0.909 bits per heavy atom. The van der Waals surface area contributed by atoms with Gasteiger partial charge in [-0.3, -0.25) is 0 Å². The zero-order valence-corrected chi connectivity index (χ0v) is 10.9. The van der Waals surface area contributed by atoms with Crippen molar-refractivity contribution < 1.29 is 18.9 Å². The van der Waals surface area contributed by atoms with Crippen LogP contribution in [0.15, 0.2) is 0 Å². The first-order valence-electron chi connectivity index (χ1n) is 3.70. The van der Waals surface area contributed by atoms with E-state index in [4.69, 9.17) is 0 Å². The van der Waals surface area contributed by atoms with Gasteiger partial charge in [0.2, 0.25) is 0 Å². The van der Waals surface area contributed by atoms with Crippen LogP contribution in [0.5, 0.6) is 0 Å². The SMILES string of the molecule is C[Si](C)(C)[N-]N[Si](C)(C)C.[Li+]. The normalized spacial score (nSPS) is 12.5. The van der Waals surface area contributed by atoms with Crippen LogP contribution >= 0.6 is 0 Å². The molecule has 0 spiro atoms. The van der Waals surface area contributed by atoms with Crippen molar-refractivity contribution in [2.24, 2.45) is 0 Å². The van der Waals surface area contributed by atoms with E-state index in [-0.39, 0.29) is 18.9 Å². The topological polar surface area (TPSA) is 26.1 Å². The van der Waals surface area contributed by atoms with Crippen LogP contribution in [0.1, 0.15) is 0 Å². The predicted molar refractivity (Wildman–Crippen MR) is 53.2 cm³/mol. The summed E-state index contributed by atoms with van der Waals surface area (Å²) in [5.74, 6) is 0. The van der Waals surface area contributed by atoms with E-state index in [2.05, 4.69) is 49.5 Å². The van der Waals surface area contributed by atoms with Crippen LogP contribution in [0, 0.1) is 0 Å². The van der Waals surface area contributed by atoms with E-state index in [0.29, 0.717) is 0 Å². The number of rotatable bonds is 3. The van der Waals surface area contributed by atoms with E-state index >= 15 is 0 Å². The van der Waals surface area contributed by atoms with Crippen LogP contribution in [-0.2, 0) is 0 Å². The van der Waals surface area contributed by atoms with Gasteiger partial charge in [-0.2, -0.15) is 0 Å². The van der Waals surface area contributed by atoms with Crippen molar-refractivity contribution in [1.82, 2.24) is 5.09 Å². The average Bonchev–Trinajstić information content (AvgIpc) is 1.57. The molecule has 62 valence electrons. The standard InChI is InChI=1S/C6H19N2Si2.Li/c1-9(2,3)7-8-10(4,5)6;/h7H,1-6H3;/q-1;+1. The van der Waals surface area contributed by atoms with Crippen molar-refractivity contribution in [3.05, 3.63) is 5.09 Å². The molecular formula is C6H19LiN2Si2. The fraction of sp³-hybridized carbons (Fsp3) is 1.00. The van der Waals surface area contributed by atoms with Gasteiger partial charge in [-0.25, -0.2) is 0 Å². The van der Waals surface area contributed by atoms with Crippen molar-refractivity contribution in [1.29, 1.82) is 0 Å². The van der Waals surface area contributed by atoms with Crippen LogP contribution in [0.3, 0.4) is 0 Å². The Balaban J connectivity index is 0. The summed E-state index contributed by atoms with van der Waals surface area (Å²) in [6, 6.07) is 0. The van der Waals surface area contributed by atoms with Gasteiger partial charge >= 0.3 is 18.9 Å². The van der Waals surface area contributed by atoms with E-state index in [9.17, 15) is 0 Å². The third-order valence-corrected chi connectivity index (χ3v) is 2.52.